The Bertz CT molecular complexity index is 572. The lowest BCUT2D eigenvalue weighted by molar-refractivity contribution is -0.130. The summed E-state index contributed by atoms with van der Waals surface area (Å²) in [6, 6.07) is 5.44. The second kappa shape index (κ2) is 8.06. The molecule has 1 fully saturated rings. The fourth-order valence-corrected chi connectivity index (χ4v) is 2.55. The van der Waals surface area contributed by atoms with E-state index >= 15 is 0 Å². The van der Waals surface area contributed by atoms with Crippen molar-refractivity contribution in [2.45, 2.75) is 13.8 Å². The lowest BCUT2D eigenvalue weighted by atomic mass is 10.2. The van der Waals surface area contributed by atoms with Gasteiger partial charge in [-0.25, -0.2) is 4.79 Å². The summed E-state index contributed by atoms with van der Waals surface area (Å²) in [4.78, 5) is 26.7. The largest absolute Gasteiger partial charge is 0.490 e. The maximum atomic E-state index is 12.0. The predicted octanol–water partition coefficient (Wildman–Crippen LogP) is 1.90. The Balaban J connectivity index is 1.69. The summed E-state index contributed by atoms with van der Waals surface area (Å²) in [5.74, 6) is 0.671. The Morgan fingerprint density at radius 1 is 1.22 bits per heavy atom. The molecule has 0 spiro atoms. The number of urea groups is 1. The Labute approximate surface area is 141 Å². The molecule has 0 saturated carbocycles. The van der Waals surface area contributed by atoms with Gasteiger partial charge in [-0.15, -0.1) is 0 Å². The number of hydrogen-bond acceptors (Lipinski definition) is 3. The molecule has 1 saturated heterocycles. The van der Waals surface area contributed by atoms with Crippen molar-refractivity contribution in [1.29, 1.82) is 0 Å². The van der Waals surface area contributed by atoms with Crippen LogP contribution in [0.4, 0.5) is 4.79 Å². The second-order valence-electron chi connectivity index (χ2n) is 5.51. The highest BCUT2D eigenvalue weighted by atomic mass is 35.5. The minimum atomic E-state index is -0.132. The average molecular weight is 340 g/mol. The Morgan fingerprint density at radius 3 is 2.52 bits per heavy atom. The number of ether oxygens (including phenoxy) is 1. The third kappa shape index (κ3) is 5.03. The molecular formula is C16H22ClN3O3. The van der Waals surface area contributed by atoms with Gasteiger partial charge in [-0.2, -0.15) is 0 Å². The van der Waals surface area contributed by atoms with E-state index in [1.165, 1.54) is 0 Å². The lowest BCUT2D eigenvalue weighted by Crippen LogP contribution is -2.53. The van der Waals surface area contributed by atoms with E-state index in [1.807, 2.05) is 19.1 Å². The first-order valence-corrected chi connectivity index (χ1v) is 8.02. The fraction of sp³-hybridized carbons (Fsp3) is 0.500. The van der Waals surface area contributed by atoms with Crippen molar-refractivity contribution in [3.8, 4) is 5.75 Å². The molecule has 3 amide bonds. The molecule has 1 aliphatic rings. The van der Waals surface area contributed by atoms with Gasteiger partial charge < -0.3 is 19.9 Å². The van der Waals surface area contributed by atoms with Crippen molar-refractivity contribution >= 4 is 23.5 Å². The van der Waals surface area contributed by atoms with Crippen LogP contribution in [-0.4, -0.2) is 61.1 Å². The molecule has 0 aliphatic carbocycles. The molecule has 0 aromatic heterocycles. The number of piperazine rings is 1. The zero-order valence-corrected chi connectivity index (χ0v) is 14.2. The van der Waals surface area contributed by atoms with Gasteiger partial charge in [0, 0.05) is 33.1 Å². The van der Waals surface area contributed by atoms with Crippen molar-refractivity contribution in [2.75, 3.05) is 39.3 Å². The van der Waals surface area contributed by atoms with Gasteiger partial charge in [-0.05, 0) is 24.6 Å². The molecule has 0 unspecified atom stereocenters. The topological polar surface area (TPSA) is 61.9 Å². The molecule has 1 N–H and O–H groups in total. The number of nitrogens with zero attached hydrogens (tertiary/aromatic N) is 2. The van der Waals surface area contributed by atoms with Gasteiger partial charge in [-0.3, -0.25) is 4.79 Å². The number of rotatable bonds is 4. The summed E-state index contributed by atoms with van der Waals surface area (Å²) < 4.78 is 5.59. The van der Waals surface area contributed by atoms with E-state index in [1.54, 1.807) is 22.8 Å². The number of carbonyl (C=O) groups excluding carboxylic acids is 2. The van der Waals surface area contributed by atoms with Gasteiger partial charge in [0.25, 0.3) is 0 Å². The SMILES string of the molecule is CC(=O)N1CCN(C(=O)NCCOc2cc(C)ccc2Cl)CC1. The Kier molecular flexibility index (Phi) is 6.10. The maximum Gasteiger partial charge on any atom is 0.317 e. The van der Waals surface area contributed by atoms with E-state index in [9.17, 15) is 9.59 Å². The number of benzene rings is 1. The van der Waals surface area contributed by atoms with Crippen LogP contribution in [0.5, 0.6) is 5.75 Å². The van der Waals surface area contributed by atoms with Crippen LogP contribution in [0.2, 0.25) is 5.02 Å². The van der Waals surface area contributed by atoms with Crippen LogP contribution in [0.1, 0.15) is 12.5 Å². The normalized spacial score (nSPS) is 14.6. The molecule has 1 aliphatic heterocycles. The molecule has 1 aromatic carbocycles. The van der Waals surface area contributed by atoms with E-state index in [4.69, 9.17) is 16.3 Å². The molecule has 0 bridgehead atoms. The molecule has 2 rings (SSSR count). The maximum absolute atomic E-state index is 12.0. The molecular weight excluding hydrogens is 318 g/mol. The highest BCUT2D eigenvalue weighted by molar-refractivity contribution is 6.32. The average Bonchev–Trinajstić information content (AvgIpc) is 2.54. The highest BCUT2D eigenvalue weighted by Crippen LogP contribution is 2.24. The molecule has 1 heterocycles. The number of hydrogen-bond donors (Lipinski definition) is 1. The van der Waals surface area contributed by atoms with E-state index < -0.39 is 0 Å². The van der Waals surface area contributed by atoms with E-state index in [0.29, 0.717) is 50.1 Å². The molecule has 23 heavy (non-hydrogen) atoms. The van der Waals surface area contributed by atoms with Crippen LogP contribution >= 0.6 is 11.6 Å². The summed E-state index contributed by atoms with van der Waals surface area (Å²) in [7, 11) is 0. The van der Waals surface area contributed by atoms with Crippen LogP contribution < -0.4 is 10.1 Å². The Morgan fingerprint density at radius 2 is 1.87 bits per heavy atom. The number of aryl methyl sites for hydroxylation is 1. The number of amides is 3. The standard InChI is InChI=1S/C16H22ClN3O3/c1-12-3-4-14(17)15(11-12)23-10-5-18-16(22)20-8-6-19(7-9-20)13(2)21/h3-4,11H,5-10H2,1-2H3,(H,18,22). The third-order valence-corrected chi connectivity index (χ3v) is 4.05. The zero-order chi connectivity index (χ0) is 16.8. The number of carbonyl (C=O) groups is 2. The second-order valence-corrected chi connectivity index (χ2v) is 5.91. The zero-order valence-electron chi connectivity index (χ0n) is 13.5. The molecule has 126 valence electrons. The van der Waals surface area contributed by atoms with Crippen molar-refractivity contribution in [3.05, 3.63) is 28.8 Å². The van der Waals surface area contributed by atoms with Gasteiger partial charge >= 0.3 is 6.03 Å². The van der Waals surface area contributed by atoms with Crippen LogP contribution in [0.25, 0.3) is 0 Å². The Hall–Kier alpha value is -1.95. The van der Waals surface area contributed by atoms with Gasteiger partial charge in [0.2, 0.25) is 5.91 Å². The smallest absolute Gasteiger partial charge is 0.317 e. The van der Waals surface area contributed by atoms with Gasteiger partial charge in [0.05, 0.1) is 11.6 Å². The molecule has 0 atom stereocenters. The summed E-state index contributed by atoms with van der Waals surface area (Å²) in [6.45, 7) is 6.52. The molecule has 0 radical (unpaired) electrons. The van der Waals surface area contributed by atoms with Crippen LogP contribution in [0.15, 0.2) is 18.2 Å². The predicted molar refractivity (Wildman–Crippen MR) is 88.9 cm³/mol. The minimum absolute atomic E-state index is 0.0495. The highest BCUT2D eigenvalue weighted by Gasteiger charge is 2.21. The fourth-order valence-electron chi connectivity index (χ4n) is 2.38. The summed E-state index contributed by atoms with van der Waals surface area (Å²) in [6.07, 6.45) is 0. The van der Waals surface area contributed by atoms with Crippen molar-refractivity contribution < 1.29 is 14.3 Å². The third-order valence-electron chi connectivity index (χ3n) is 3.73. The first kappa shape index (κ1) is 17.4. The first-order valence-electron chi connectivity index (χ1n) is 7.64. The number of nitrogens with one attached hydrogen (secondary N) is 1. The van der Waals surface area contributed by atoms with E-state index in [0.717, 1.165) is 5.56 Å². The van der Waals surface area contributed by atoms with Gasteiger partial charge in [0.1, 0.15) is 12.4 Å². The quantitative estimate of drug-likeness (QED) is 0.852. The van der Waals surface area contributed by atoms with Crippen molar-refractivity contribution in [2.24, 2.45) is 0 Å². The summed E-state index contributed by atoms with van der Waals surface area (Å²) >= 11 is 6.05. The molecule has 1 aromatic rings. The van der Waals surface area contributed by atoms with Crippen LogP contribution in [-0.2, 0) is 4.79 Å². The molecule has 6 nitrogen and oxygen atoms in total. The van der Waals surface area contributed by atoms with Crippen LogP contribution in [0, 0.1) is 6.92 Å². The number of halogens is 1. The van der Waals surface area contributed by atoms with Gasteiger partial charge in [-0.1, -0.05) is 17.7 Å². The summed E-state index contributed by atoms with van der Waals surface area (Å²) in [5.41, 5.74) is 1.07. The van der Waals surface area contributed by atoms with Crippen LogP contribution in [0.3, 0.4) is 0 Å². The minimum Gasteiger partial charge on any atom is -0.490 e. The monoisotopic (exact) mass is 339 g/mol. The lowest BCUT2D eigenvalue weighted by Gasteiger charge is -2.34. The first-order chi connectivity index (χ1) is 11.0. The van der Waals surface area contributed by atoms with Gasteiger partial charge in [0.15, 0.2) is 0 Å². The van der Waals surface area contributed by atoms with Crippen molar-refractivity contribution in [1.82, 2.24) is 15.1 Å². The van der Waals surface area contributed by atoms with E-state index in [-0.39, 0.29) is 11.9 Å². The molecule has 7 heteroatoms. The van der Waals surface area contributed by atoms with E-state index in [2.05, 4.69) is 5.32 Å². The van der Waals surface area contributed by atoms with Crippen molar-refractivity contribution in [3.63, 3.8) is 0 Å². The summed E-state index contributed by atoms with van der Waals surface area (Å²) in [5, 5.41) is 3.37.